The molecule has 0 aliphatic carbocycles. The quantitative estimate of drug-likeness (QED) is 0.0817. The van der Waals surface area contributed by atoms with Crippen LogP contribution in [-0.2, 0) is 9.59 Å². The van der Waals surface area contributed by atoms with Gasteiger partial charge in [-0.25, -0.2) is 0 Å². The average Bonchev–Trinajstić information content (AvgIpc) is 2.69. The van der Waals surface area contributed by atoms with Gasteiger partial charge >= 0.3 is 60.8 Å². The number of hydrogen-bond donors (Lipinski definition) is 2. The molecule has 0 aromatic heterocycles. The van der Waals surface area contributed by atoms with Crippen molar-refractivity contribution in [2.24, 2.45) is 5.41 Å². The molecular formula is C25H50BaO4. The number of carbonyl (C=O) groups is 2. The van der Waals surface area contributed by atoms with Gasteiger partial charge in [-0.1, -0.05) is 129 Å². The minimum atomic E-state index is -1.58. The summed E-state index contributed by atoms with van der Waals surface area (Å²) in [6, 6.07) is 0. The van der Waals surface area contributed by atoms with Gasteiger partial charge in [0, 0.05) is 0 Å². The van der Waals surface area contributed by atoms with Gasteiger partial charge in [0.05, 0.1) is 0 Å². The molecule has 0 aromatic carbocycles. The summed E-state index contributed by atoms with van der Waals surface area (Å²) in [6.45, 7) is 4.43. The van der Waals surface area contributed by atoms with E-state index in [0.717, 1.165) is 25.7 Å². The fourth-order valence-electron chi connectivity index (χ4n) is 4.12. The van der Waals surface area contributed by atoms with Crippen molar-refractivity contribution in [2.75, 3.05) is 0 Å². The molecule has 0 atom stereocenters. The Labute approximate surface area is 229 Å². The molecule has 0 rings (SSSR count). The molecule has 2 N–H and O–H groups in total. The molecule has 0 heterocycles. The number of carboxylic acids is 2. The summed E-state index contributed by atoms with van der Waals surface area (Å²) in [4.78, 5) is 23.6. The van der Waals surface area contributed by atoms with E-state index in [-0.39, 0.29) is 64.6 Å². The molecule has 176 valence electrons. The second-order valence-corrected chi connectivity index (χ2v) is 8.85. The van der Waals surface area contributed by atoms with E-state index in [4.69, 9.17) is 0 Å². The summed E-state index contributed by atoms with van der Waals surface area (Å²) < 4.78 is 0. The van der Waals surface area contributed by atoms with Crippen LogP contribution in [0.5, 0.6) is 0 Å². The van der Waals surface area contributed by atoms with Crippen LogP contribution in [0.2, 0.25) is 0 Å². The normalized spacial score (nSPS) is 11.3. The van der Waals surface area contributed by atoms with Gasteiger partial charge < -0.3 is 13.1 Å². The van der Waals surface area contributed by atoms with Crippen LogP contribution in [-0.4, -0.2) is 71.0 Å². The van der Waals surface area contributed by atoms with E-state index in [1.54, 1.807) is 0 Å². The van der Waals surface area contributed by atoms with Crippen LogP contribution in [0.3, 0.4) is 0 Å². The van der Waals surface area contributed by atoms with Crippen LogP contribution in [0.4, 0.5) is 0 Å². The third-order valence-corrected chi connectivity index (χ3v) is 6.23. The van der Waals surface area contributed by atoms with Gasteiger partial charge in [-0.05, 0) is 12.8 Å². The molecule has 0 saturated carbocycles. The molecule has 0 aromatic rings. The van der Waals surface area contributed by atoms with E-state index < -0.39 is 17.4 Å². The average molecular weight is 552 g/mol. The number of unbranched alkanes of at least 4 members (excludes halogenated alkanes) is 16. The van der Waals surface area contributed by atoms with E-state index in [9.17, 15) is 19.8 Å². The summed E-state index contributed by atoms with van der Waals surface area (Å²) in [5.74, 6) is -2.30. The van der Waals surface area contributed by atoms with Crippen molar-refractivity contribution in [2.45, 2.75) is 142 Å². The molecule has 0 fully saturated rings. The molecule has 0 spiro atoms. The van der Waals surface area contributed by atoms with Crippen molar-refractivity contribution in [3.63, 3.8) is 0 Å². The maximum Gasteiger partial charge on any atom is 2.00 e. The predicted octanol–water partition coefficient (Wildman–Crippen LogP) is 7.83. The van der Waals surface area contributed by atoms with Crippen LogP contribution in [0.25, 0.3) is 0 Å². The molecule has 0 radical (unpaired) electrons. The molecule has 0 amide bonds. The first-order valence-corrected chi connectivity index (χ1v) is 12.5. The fourth-order valence-corrected chi connectivity index (χ4v) is 4.12. The third-order valence-electron chi connectivity index (χ3n) is 6.23. The minimum Gasteiger partial charge on any atom is -1.00 e. The van der Waals surface area contributed by atoms with Gasteiger partial charge in [0.15, 0.2) is 5.41 Å². The summed E-state index contributed by atoms with van der Waals surface area (Å²) in [5.41, 5.74) is -1.58. The summed E-state index contributed by atoms with van der Waals surface area (Å²) in [5, 5.41) is 19.3. The minimum absolute atomic E-state index is 0. The van der Waals surface area contributed by atoms with Crippen molar-refractivity contribution >= 4 is 60.8 Å². The second kappa shape index (κ2) is 22.7. The molecule has 0 bridgehead atoms. The number of carboxylic acid groups (broad SMARTS) is 2. The molecule has 30 heavy (non-hydrogen) atoms. The Kier molecular flexibility index (Phi) is 24.7. The molecule has 0 aliphatic rings. The van der Waals surface area contributed by atoms with Gasteiger partial charge in [0.25, 0.3) is 0 Å². The van der Waals surface area contributed by atoms with Crippen LogP contribution in [0.15, 0.2) is 0 Å². The van der Waals surface area contributed by atoms with Crippen molar-refractivity contribution in [3.05, 3.63) is 0 Å². The van der Waals surface area contributed by atoms with Gasteiger partial charge in [-0.2, -0.15) is 0 Å². The summed E-state index contributed by atoms with van der Waals surface area (Å²) in [7, 11) is 0. The first-order valence-electron chi connectivity index (χ1n) is 12.5. The first kappa shape index (κ1) is 32.7. The Morgan fingerprint density at radius 3 is 1.00 bits per heavy atom. The van der Waals surface area contributed by atoms with Gasteiger partial charge in [-0.15, -0.1) is 0 Å². The van der Waals surface area contributed by atoms with Crippen molar-refractivity contribution in [3.8, 4) is 0 Å². The van der Waals surface area contributed by atoms with Gasteiger partial charge in [0.1, 0.15) is 0 Å². The standard InChI is InChI=1S/C25H48O4.Ba.2H/c1-3-5-7-9-11-13-14-16-18-20-22-25(23(26)27,24(28)29)21-19-17-15-12-10-8-6-4-2;;;/h3-22H2,1-2H3,(H,26,27)(H,28,29);;;/q;+2;2*-1. The monoisotopic (exact) mass is 552 g/mol. The predicted molar refractivity (Wildman–Crippen MR) is 129 cm³/mol. The largest absolute Gasteiger partial charge is 2.00 e. The second-order valence-electron chi connectivity index (χ2n) is 8.85. The molecule has 5 heteroatoms. The van der Waals surface area contributed by atoms with Crippen LogP contribution < -0.4 is 0 Å². The van der Waals surface area contributed by atoms with E-state index in [1.165, 1.54) is 77.0 Å². The topological polar surface area (TPSA) is 74.6 Å². The first-order chi connectivity index (χ1) is 14.0. The Morgan fingerprint density at radius 2 is 0.767 bits per heavy atom. The van der Waals surface area contributed by atoms with Gasteiger partial charge in [0.2, 0.25) is 0 Å². The summed E-state index contributed by atoms with van der Waals surface area (Å²) in [6.07, 6.45) is 21.1. The zero-order valence-electron chi connectivity index (χ0n) is 22.1. The van der Waals surface area contributed by atoms with Crippen LogP contribution in [0, 0.1) is 5.41 Å². The Hall–Kier alpha value is 0.511. The summed E-state index contributed by atoms with van der Waals surface area (Å²) >= 11 is 0. The van der Waals surface area contributed by atoms with E-state index in [1.807, 2.05) is 0 Å². The van der Waals surface area contributed by atoms with Crippen molar-refractivity contribution in [1.29, 1.82) is 0 Å². The molecule has 0 unspecified atom stereocenters. The smallest absolute Gasteiger partial charge is 1.00 e. The number of hydrogen-bond acceptors (Lipinski definition) is 2. The zero-order valence-corrected chi connectivity index (χ0v) is 24.5. The van der Waals surface area contributed by atoms with E-state index in [0.29, 0.717) is 12.8 Å². The third kappa shape index (κ3) is 16.2. The SMILES string of the molecule is CCCCCCCCCCCCC(CCCCCCCCCC)(C(=O)O)C(=O)O.[Ba+2].[H-].[H-]. The Bertz CT molecular complexity index is 409. The Balaban J connectivity index is -0.00000131. The molecular weight excluding hydrogens is 502 g/mol. The number of aliphatic carboxylic acids is 2. The van der Waals surface area contributed by atoms with Crippen LogP contribution in [0.1, 0.15) is 145 Å². The fraction of sp³-hybridized carbons (Fsp3) is 0.920. The zero-order chi connectivity index (χ0) is 21.8. The van der Waals surface area contributed by atoms with Crippen molar-refractivity contribution in [1.82, 2.24) is 0 Å². The van der Waals surface area contributed by atoms with Gasteiger partial charge in [-0.3, -0.25) is 9.59 Å². The maximum absolute atomic E-state index is 11.8. The maximum atomic E-state index is 11.8. The Morgan fingerprint density at radius 1 is 0.533 bits per heavy atom. The molecule has 0 saturated heterocycles. The van der Waals surface area contributed by atoms with Crippen LogP contribution >= 0.6 is 0 Å². The van der Waals surface area contributed by atoms with E-state index >= 15 is 0 Å². The van der Waals surface area contributed by atoms with Crippen molar-refractivity contribution < 1.29 is 22.7 Å². The molecule has 0 aliphatic heterocycles. The van der Waals surface area contributed by atoms with E-state index in [2.05, 4.69) is 13.8 Å². The molecule has 4 nitrogen and oxygen atoms in total. The number of rotatable bonds is 22.